The Morgan fingerprint density at radius 2 is 1.15 bits per heavy atom. The number of benzene rings is 3. The van der Waals surface area contributed by atoms with Crippen LogP contribution in [0.15, 0.2) is 105 Å². The smallest absolute Gasteiger partial charge is 0.261 e. The summed E-state index contributed by atoms with van der Waals surface area (Å²) in [5.74, 6) is -0.739. The molecule has 9 nitrogen and oxygen atoms in total. The monoisotopic (exact) mass is 673 g/mol. The molecule has 0 atom stereocenters. The Hall–Kier alpha value is -4.06. The first-order valence-corrected chi connectivity index (χ1v) is 18.5. The van der Waals surface area contributed by atoms with Crippen LogP contribution in [0.1, 0.15) is 70.4 Å². The van der Waals surface area contributed by atoms with Crippen LogP contribution in [0, 0.1) is 17.8 Å². The Morgan fingerprint density at radius 1 is 0.681 bits per heavy atom. The molecule has 3 aromatic carbocycles. The molecule has 0 unspecified atom stereocenters. The maximum atomic E-state index is 14.1. The molecule has 0 saturated carbocycles. The minimum atomic E-state index is -3.92. The van der Waals surface area contributed by atoms with Crippen molar-refractivity contribution in [1.29, 1.82) is 0 Å². The van der Waals surface area contributed by atoms with E-state index < -0.39 is 26.0 Å². The van der Waals surface area contributed by atoms with E-state index in [4.69, 9.17) is 5.14 Å². The molecule has 246 valence electrons. The van der Waals surface area contributed by atoms with Crippen LogP contribution in [0.3, 0.4) is 0 Å². The molecule has 0 bridgehead atoms. The fourth-order valence-corrected chi connectivity index (χ4v) is 8.64. The summed E-state index contributed by atoms with van der Waals surface area (Å²) >= 11 is 0. The molecular weight excluding hydrogens is 635 g/mol. The third kappa shape index (κ3) is 6.31. The van der Waals surface area contributed by atoms with Crippen LogP contribution in [0.2, 0.25) is 0 Å². The molecule has 1 heterocycles. The summed E-state index contributed by atoms with van der Waals surface area (Å²) in [6, 6.07) is 19.7. The molecule has 0 radical (unpaired) electrons. The third-order valence-electron chi connectivity index (χ3n) is 9.16. The highest BCUT2D eigenvalue weighted by Crippen LogP contribution is 2.55. The highest BCUT2D eigenvalue weighted by atomic mass is 32.2. The van der Waals surface area contributed by atoms with Crippen molar-refractivity contribution < 1.29 is 26.4 Å². The van der Waals surface area contributed by atoms with Crippen LogP contribution in [-0.4, -0.2) is 28.4 Å². The van der Waals surface area contributed by atoms with Crippen molar-refractivity contribution in [2.45, 2.75) is 76.0 Å². The number of carbonyl (C=O) groups is 2. The molecule has 0 saturated heterocycles. The van der Waals surface area contributed by atoms with Crippen LogP contribution >= 0.6 is 0 Å². The zero-order valence-electron chi connectivity index (χ0n) is 27.1. The van der Waals surface area contributed by atoms with Gasteiger partial charge in [0.25, 0.3) is 10.0 Å². The minimum Gasteiger partial charge on any atom is -0.317 e. The number of nitrogens with one attached hydrogen (secondary N) is 1. The Morgan fingerprint density at radius 3 is 1.62 bits per heavy atom. The fourth-order valence-electron chi connectivity index (χ4n) is 7.07. The van der Waals surface area contributed by atoms with Gasteiger partial charge in [-0.2, -0.15) is 0 Å². The molecule has 3 aliphatic rings. The Bertz CT molecular complexity index is 2020. The van der Waals surface area contributed by atoms with E-state index in [2.05, 4.69) is 4.72 Å². The lowest BCUT2D eigenvalue weighted by Crippen LogP contribution is -2.44. The van der Waals surface area contributed by atoms with Gasteiger partial charge in [-0.25, -0.2) is 22.0 Å². The zero-order valence-corrected chi connectivity index (χ0v) is 28.8. The fraction of sp³-hybridized carbons (Fsp3) is 0.333. The summed E-state index contributed by atoms with van der Waals surface area (Å²) < 4.78 is 52.8. The van der Waals surface area contributed by atoms with Gasteiger partial charge in [0.1, 0.15) is 0 Å². The number of hydrogen-bond acceptors (Lipinski definition) is 7. The molecular formula is C36H39N3O6S2. The van der Waals surface area contributed by atoms with E-state index in [1.807, 2.05) is 39.5 Å². The summed E-state index contributed by atoms with van der Waals surface area (Å²) in [6.45, 7) is 10.1. The van der Waals surface area contributed by atoms with Crippen molar-refractivity contribution in [3.63, 3.8) is 0 Å². The van der Waals surface area contributed by atoms with Crippen molar-refractivity contribution >= 4 is 43.0 Å². The number of Topliss-reactive ketones (excluding diaryl/α,β-unsaturated/α-hetero) is 2. The van der Waals surface area contributed by atoms with E-state index in [-0.39, 0.29) is 32.2 Å². The van der Waals surface area contributed by atoms with Gasteiger partial charge in [-0.3, -0.25) is 14.3 Å². The van der Waals surface area contributed by atoms with Gasteiger partial charge < -0.3 is 4.90 Å². The Kier molecular flexibility index (Phi) is 7.89. The number of ketones is 2. The van der Waals surface area contributed by atoms with E-state index in [0.29, 0.717) is 53.8 Å². The third-order valence-corrected chi connectivity index (χ3v) is 11.5. The number of anilines is 2. The first-order valence-electron chi connectivity index (χ1n) is 15.5. The second kappa shape index (κ2) is 11.3. The normalized spacial score (nSPS) is 19.8. The van der Waals surface area contributed by atoms with Gasteiger partial charge in [0.15, 0.2) is 11.6 Å². The zero-order chi connectivity index (χ0) is 34.1. The second-order valence-electron chi connectivity index (χ2n) is 14.5. The summed E-state index contributed by atoms with van der Waals surface area (Å²) in [6.07, 6.45) is 1.72. The molecule has 0 spiro atoms. The number of carbonyl (C=O) groups excluding carboxylic acids is 2. The van der Waals surface area contributed by atoms with Crippen LogP contribution in [0.25, 0.3) is 0 Å². The average molecular weight is 674 g/mol. The summed E-state index contributed by atoms with van der Waals surface area (Å²) in [5, 5.41) is 5.38. The number of aryl methyl sites for hydroxylation is 1. The van der Waals surface area contributed by atoms with E-state index in [9.17, 15) is 26.4 Å². The van der Waals surface area contributed by atoms with Gasteiger partial charge in [0, 0.05) is 52.7 Å². The minimum absolute atomic E-state index is 0.0299. The Labute approximate surface area is 276 Å². The molecule has 0 aromatic heterocycles. The molecule has 2 aliphatic carbocycles. The van der Waals surface area contributed by atoms with Crippen molar-refractivity contribution in [1.82, 2.24) is 0 Å². The highest BCUT2D eigenvalue weighted by molar-refractivity contribution is 7.92. The average Bonchev–Trinajstić information content (AvgIpc) is 2.95. The van der Waals surface area contributed by atoms with Crippen molar-refractivity contribution in [3.05, 3.63) is 106 Å². The van der Waals surface area contributed by atoms with Crippen molar-refractivity contribution in [2.75, 3.05) is 9.62 Å². The lowest BCUT2D eigenvalue weighted by Gasteiger charge is -2.49. The Balaban J connectivity index is 1.49. The summed E-state index contributed by atoms with van der Waals surface area (Å²) in [7, 11) is -7.75. The number of primary sulfonamides is 1. The van der Waals surface area contributed by atoms with Crippen LogP contribution in [0.4, 0.5) is 11.4 Å². The topological polar surface area (TPSA) is 144 Å². The van der Waals surface area contributed by atoms with Crippen LogP contribution in [0.5, 0.6) is 0 Å². The molecule has 0 fully saturated rings. The van der Waals surface area contributed by atoms with Crippen molar-refractivity contribution in [3.8, 4) is 0 Å². The standard InChI is InChI=1S/C36H39N3O6S2/c1-22-6-14-27(15-7-22)47(44,45)38-24-10-8-23(9-11-24)32-33-28(18-35(2,3)20-30(33)40)39(25-12-16-26(17-13-25)46(37,42)43)29-19-36(4,5)21-31(41)34(29)32/h6-17,32,38H,18-21H2,1-5H3,(H2,37,42,43). The molecule has 0 amide bonds. The molecule has 11 heteroatoms. The predicted octanol–water partition coefficient (Wildman–Crippen LogP) is 6.33. The second-order valence-corrected chi connectivity index (χ2v) is 17.7. The molecule has 47 heavy (non-hydrogen) atoms. The van der Waals surface area contributed by atoms with Crippen LogP contribution < -0.4 is 14.8 Å². The predicted molar refractivity (Wildman–Crippen MR) is 182 cm³/mol. The number of nitrogens with two attached hydrogens (primary N) is 1. The highest BCUT2D eigenvalue weighted by Gasteiger charge is 2.49. The maximum Gasteiger partial charge on any atom is 0.261 e. The van der Waals surface area contributed by atoms with Gasteiger partial charge >= 0.3 is 0 Å². The van der Waals surface area contributed by atoms with Gasteiger partial charge in [-0.05, 0) is 84.7 Å². The maximum absolute atomic E-state index is 14.1. The largest absolute Gasteiger partial charge is 0.317 e. The molecule has 3 N–H and O–H groups in total. The quantitative estimate of drug-likeness (QED) is 0.311. The van der Waals surface area contributed by atoms with Gasteiger partial charge in [0.05, 0.1) is 9.79 Å². The van der Waals surface area contributed by atoms with Gasteiger partial charge in [0.2, 0.25) is 10.0 Å². The number of hydrogen-bond donors (Lipinski definition) is 2. The summed E-state index contributed by atoms with van der Waals surface area (Å²) in [5.41, 5.74) is 4.61. The van der Waals surface area contributed by atoms with E-state index in [0.717, 1.165) is 17.0 Å². The van der Waals surface area contributed by atoms with Gasteiger partial charge in [-0.15, -0.1) is 0 Å². The lowest BCUT2D eigenvalue weighted by molar-refractivity contribution is -0.119. The number of sulfonamides is 2. The molecule has 3 aromatic rings. The van der Waals surface area contributed by atoms with Gasteiger partial charge in [-0.1, -0.05) is 57.5 Å². The molecule has 6 rings (SSSR count). The number of nitrogens with zero attached hydrogens (tertiary/aromatic N) is 1. The van der Waals surface area contributed by atoms with Crippen LogP contribution in [-0.2, 0) is 29.6 Å². The number of rotatable bonds is 6. The first kappa shape index (κ1) is 32.9. The lowest BCUT2D eigenvalue weighted by atomic mass is 9.63. The van der Waals surface area contributed by atoms with Crippen molar-refractivity contribution in [2.24, 2.45) is 16.0 Å². The SMILES string of the molecule is Cc1ccc(S(=O)(=O)Nc2ccc(C3C4=C(CC(C)(C)CC4=O)N(c4ccc(S(N)(=O)=O)cc4)C4=C3C(=O)CC(C)(C)C4)cc2)cc1. The number of allylic oxidation sites excluding steroid dienone is 4. The van der Waals surface area contributed by atoms with E-state index in [1.165, 1.54) is 12.1 Å². The first-order chi connectivity index (χ1) is 21.9. The summed E-state index contributed by atoms with van der Waals surface area (Å²) in [4.78, 5) is 30.4. The van der Waals surface area contributed by atoms with E-state index >= 15 is 0 Å². The molecule has 1 aliphatic heterocycles. The van der Waals surface area contributed by atoms with E-state index in [1.54, 1.807) is 60.7 Å².